The Labute approximate surface area is 316 Å². The average Bonchev–Trinajstić information content (AvgIpc) is 1.62. The Kier molecular flexibility index (Phi) is 92.9. The molecule has 0 fully saturated rings. The summed E-state index contributed by atoms with van der Waals surface area (Å²) in [5.41, 5.74) is 0. The first-order chi connectivity index (χ1) is 8.00. The van der Waals surface area contributed by atoms with Crippen LogP contribution in [0, 0.1) is 0 Å². The van der Waals surface area contributed by atoms with Gasteiger partial charge in [0.25, 0.3) is 0 Å². The monoisotopic (exact) mass is 749 g/mol. The van der Waals surface area contributed by atoms with Crippen molar-refractivity contribution in [3.8, 4) is 0 Å². The van der Waals surface area contributed by atoms with Gasteiger partial charge in [-0.2, -0.15) is 41.2 Å². The summed E-state index contributed by atoms with van der Waals surface area (Å²) >= 11 is 0. The Hall–Kier alpha value is 7.61. The van der Waals surface area contributed by atoms with Crippen LogP contribution in [-0.4, -0.2) is 206 Å². The summed E-state index contributed by atoms with van der Waals surface area (Å²) in [5, 5.41) is 0. The van der Waals surface area contributed by atoms with Crippen LogP contribution < -0.4 is 58.7 Å². The summed E-state index contributed by atoms with van der Waals surface area (Å²) < 4.78 is 34.2. The molecule has 0 rings (SSSR count). The SMILES string of the molecule is O=P([O-])([O-])[O-].O=P([O-])([O-])[O-].O=P([O-])([O-])[O-].O=P([O-])([O-])[O-].P.[Mg+2].[Mg+2].[Mg+2].[Sr+2].[Sr+2].[Sr+2]. The molecule has 0 aromatic rings. The second-order valence-corrected chi connectivity index (χ2v) is 5.37. The van der Waals surface area contributed by atoms with Gasteiger partial charge in [-0.1, -0.05) is 0 Å². The van der Waals surface area contributed by atoms with Crippen molar-refractivity contribution < 1.29 is 77.0 Å². The van der Waals surface area contributed by atoms with Crippen molar-refractivity contribution in [3.05, 3.63) is 0 Å². The molecule has 0 aromatic carbocycles. The van der Waals surface area contributed by atoms with E-state index in [1.54, 1.807) is 0 Å². The minimum atomic E-state index is -5.39. The van der Waals surface area contributed by atoms with Crippen LogP contribution >= 0.6 is 41.2 Å². The van der Waals surface area contributed by atoms with Crippen LogP contribution in [0.2, 0.25) is 0 Å². The maximum absolute atomic E-state index is 8.55. The normalized spacial score (nSPS) is 8.74. The van der Waals surface area contributed by atoms with Crippen molar-refractivity contribution in [2.24, 2.45) is 0 Å². The van der Waals surface area contributed by atoms with E-state index in [9.17, 15) is 0 Å². The average molecular weight is 750 g/mol. The molecule has 27 heteroatoms. The Morgan fingerprint density at radius 3 is 0.333 bits per heavy atom. The Balaban J connectivity index is -0.0000000129. The van der Waals surface area contributed by atoms with Gasteiger partial charge in [-0.25, -0.2) is 0 Å². The van der Waals surface area contributed by atoms with Gasteiger partial charge in [0, 0.05) is 0 Å². The molecule has 0 N–H and O–H groups in total. The number of hydrogen-bond donors (Lipinski definition) is 0. The van der Waals surface area contributed by atoms with Crippen LogP contribution in [-0.2, 0) is 18.3 Å². The van der Waals surface area contributed by atoms with Crippen LogP contribution in [0.5, 0.6) is 0 Å². The Bertz CT molecular complexity index is 308. The molecular weight excluding hydrogens is 747 g/mol. The minimum absolute atomic E-state index is 0. The molecule has 1 unspecified atom stereocenters. The van der Waals surface area contributed by atoms with Crippen molar-refractivity contribution in [3.63, 3.8) is 0 Å². The van der Waals surface area contributed by atoms with Gasteiger partial charge in [0.15, 0.2) is 0 Å². The van der Waals surface area contributed by atoms with Gasteiger partial charge in [0.05, 0.1) is 0 Å². The fraction of sp³-hybridized carbons (Fsp3) is 0. The zero-order valence-electron chi connectivity index (χ0n) is 13.3. The van der Waals surface area contributed by atoms with Crippen molar-refractivity contribution in [2.75, 3.05) is 0 Å². The topological polar surface area (TPSA) is 345 Å². The summed E-state index contributed by atoms with van der Waals surface area (Å²) in [6, 6.07) is 0. The van der Waals surface area contributed by atoms with Crippen LogP contribution in [0.3, 0.4) is 0 Å². The Morgan fingerprint density at radius 1 is 0.333 bits per heavy atom. The van der Waals surface area contributed by atoms with E-state index in [-0.39, 0.29) is 216 Å². The van der Waals surface area contributed by atoms with E-state index < -0.39 is 31.3 Å². The third-order valence-electron chi connectivity index (χ3n) is 0. The van der Waals surface area contributed by atoms with Crippen LogP contribution in [0.25, 0.3) is 0 Å². The molecule has 0 aliphatic carbocycles. The molecule has 0 saturated heterocycles. The molecule has 0 aromatic heterocycles. The minimum Gasteiger partial charge on any atom is -0.822 e. The first-order valence-electron chi connectivity index (χ1n) is 2.92. The quantitative estimate of drug-likeness (QED) is 0.164. The first kappa shape index (κ1) is 70.1. The number of rotatable bonds is 0. The van der Waals surface area contributed by atoms with E-state index in [1.165, 1.54) is 0 Å². The smallest absolute Gasteiger partial charge is 0.822 e. The standard InChI is InChI=1S/3Mg.4H3O4P.H3P.3Sr/c;;;4*1-5(2,3)4;;;;/h;;;4*(H3,1,2,3,4);1H3;;;/q3*+2;;;;;;3*+2/p-12. The van der Waals surface area contributed by atoms with Gasteiger partial charge < -0.3 is 77.0 Å². The van der Waals surface area contributed by atoms with E-state index in [0.717, 1.165) is 0 Å². The van der Waals surface area contributed by atoms with E-state index in [4.69, 9.17) is 77.0 Å². The van der Waals surface area contributed by atoms with E-state index >= 15 is 0 Å². The molecule has 0 saturated carbocycles. The molecule has 16 nitrogen and oxygen atoms in total. The largest absolute Gasteiger partial charge is 2.00 e. The molecule has 0 amide bonds. The molecule has 1 atom stereocenters. The molecule has 136 valence electrons. The fourth-order valence-corrected chi connectivity index (χ4v) is 0. The zero-order chi connectivity index (χ0) is 18.0. The first-order valence-corrected chi connectivity index (χ1v) is 8.76. The van der Waals surface area contributed by atoms with Crippen LogP contribution in [0.4, 0.5) is 0 Å². The van der Waals surface area contributed by atoms with Crippen molar-refractivity contribution in [1.82, 2.24) is 0 Å². The molecule has 0 heterocycles. The number of hydrogen-bond acceptors (Lipinski definition) is 16. The molecule has 27 heavy (non-hydrogen) atoms. The third-order valence-corrected chi connectivity index (χ3v) is 0. The molecular formula is H3Mg3O16P5Sr3. The van der Waals surface area contributed by atoms with Gasteiger partial charge in [-0.05, 0) is 0 Å². The van der Waals surface area contributed by atoms with Gasteiger partial charge in [0.2, 0.25) is 0 Å². The fourth-order valence-electron chi connectivity index (χ4n) is 0. The molecule has 0 bridgehead atoms. The second-order valence-electron chi connectivity index (χ2n) is 1.79. The van der Waals surface area contributed by atoms with E-state index in [0.29, 0.717) is 0 Å². The molecule has 0 aliphatic heterocycles. The summed E-state index contributed by atoms with van der Waals surface area (Å²) in [4.78, 5) is 103. The van der Waals surface area contributed by atoms with Crippen LogP contribution in [0.1, 0.15) is 0 Å². The molecule has 0 radical (unpaired) electrons. The zero-order valence-corrected chi connectivity index (χ0v) is 32.9. The van der Waals surface area contributed by atoms with Crippen molar-refractivity contribution >= 4 is 247 Å². The summed E-state index contributed by atoms with van der Waals surface area (Å²) in [6.45, 7) is 0. The predicted molar refractivity (Wildman–Crippen MR) is 76.1 cm³/mol. The maximum atomic E-state index is 8.55. The van der Waals surface area contributed by atoms with Gasteiger partial charge in [-0.3, -0.25) is 0 Å². The van der Waals surface area contributed by atoms with E-state index in [1.807, 2.05) is 0 Å². The van der Waals surface area contributed by atoms with Gasteiger partial charge in [-0.15, -0.1) is 0 Å². The summed E-state index contributed by atoms with van der Waals surface area (Å²) in [6.07, 6.45) is 0. The number of phosphoric acid groups is 4. The molecule has 0 spiro atoms. The van der Waals surface area contributed by atoms with E-state index in [2.05, 4.69) is 0 Å². The summed E-state index contributed by atoms with van der Waals surface area (Å²) in [7, 11) is -21.6. The Morgan fingerprint density at radius 2 is 0.333 bits per heavy atom. The van der Waals surface area contributed by atoms with Crippen molar-refractivity contribution in [1.29, 1.82) is 0 Å². The van der Waals surface area contributed by atoms with Gasteiger partial charge in [0.1, 0.15) is 0 Å². The van der Waals surface area contributed by atoms with Crippen LogP contribution in [0.15, 0.2) is 0 Å². The maximum Gasteiger partial charge on any atom is 2.00 e. The molecule has 0 aliphatic rings. The summed E-state index contributed by atoms with van der Waals surface area (Å²) in [5.74, 6) is 0. The van der Waals surface area contributed by atoms with Crippen molar-refractivity contribution in [2.45, 2.75) is 0 Å². The predicted octanol–water partition coefficient (Wildman–Crippen LogP) is -13.5. The third kappa shape index (κ3) is 580. The van der Waals surface area contributed by atoms with Gasteiger partial charge >= 0.3 is 206 Å². The second kappa shape index (κ2) is 35.8.